The van der Waals surface area contributed by atoms with Crippen LogP contribution in [0.3, 0.4) is 0 Å². The van der Waals surface area contributed by atoms with Gasteiger partial charge in [0.05, 0.1) is 0 Å². The van der Waals surface area contributed by atoms with Crippen LogP contribution >= 0.6 is 0 Å². The Hall–Kier alpha value is -3.53. The van der Waals surface area contributed by atoms with Crippen LogP contribution in [-0.2, 0) is 10.2 Å². The second kappa shape index (κ2) is 6.32. The van der Waals surface area contributed by atoms with Crippen LogP contribution < -0.4 is 0 Å². The summed E-state index contributed by atoms with van der Waals surface area (Å²) in [6.45, 7) is 0. The summed E-state index contributed by atoms with van der Waals surface area (Å²) in [7, 11) is 0. The monoisotopic (exact) mass is 356 g/mol. The Balaban J connectivity index is 2.07. The van der Waals surface area contributed by atoms with Crippen molar-refractivity contribution in [3.8, 4) is 0 Å². The van der Waals surface area contributed by atoms with E-state index in [4.69, 9.17) is 0 Å². The molecule has 1 aliphatic carbocycles. The number of aliphatic carboxylic acids is 1. The molecule has 0 bridgehead atoms. The summed E-state index contributed by atoms with van der Waals surface area (Å²) in [6, 6.07) is 23.5. The number of carbonyl (C=O) groups excluding carboxylic acids is 2. The van der Waals surface area contributed by atoms with Crippen LogP contribution in [0.4, 0.5) is 0 Å². The molecular weight excluding hydrogens is 340 g/mol. The van der Waals surface area contributed by atoms with Gasteiger partial charge >= 0.3 is 5.97 Å². The molecule has 0 aliphatic heterocycles. The molecule has 4 rings (SSSR count). The van der Waals surface area contributed by atoms with Gasteiger partial charge in [-0.1, -0.05) is 84.9 Å². The number of fused-ring (bicyclic) bond motifs is 1. The number of carbonyl (C=O) groups is 3. The number of ketones is 2. The summed E-state index contributed by atoms with van der Waals surface area (Å²) in [5.74, 6) is -3.47. The smallest absolute Gasteiger partial charge is 0.312 e. The first-order chi connectivity index (χ1) is 13.1. The number of rotatable bonds is 4. The molecule has 3 aromatic carbocycles. The van der Waals surface area contributed by atoms with Gasteiger partial charge in [0.25, 0.3) is 0 Å². The number of carboxylic acid groups (broad SMARTS) is 1. The number of benzene rings is 3. The van der Waals surface area contributed by atoms with Gasteiger partial charge in [0.1, 0.15) is 11.3 Å². The first-order valence-electron chi connectivity index (χ1n) is 8.60. The predicted molar refractivity (Wildman–Crippen MR) is 100 cm³/mol. The van der Waals surface area contributed by atoms with E-state index in [0.29, 0.717) is 11.1 Å². The fourth-order valence-corrected chi connectivity index (χ4v) is 4.02. The van der Waals surface area contributed by atoms with Crippen molar-refractivity contribution >= 4 is 17.5 Å². The third-order valence-electron chi connectivity index (χ3n) is 5.17. The van der Waals surface area contributed by atoms with Crippen LogP contribution in [-0.4, -0.2) is 22.6 Å². The number of Topliss-reactive ketones (excluding diaryl/α,β-unsaturated/α-hetero) is 2. The molecule has 0 unspecified atom stereocenters. The molecule has 0 saturated carbocycles. The topological polar surface area (TPSA) is 71.4 Å². The van der Waals surface area contributed by atoms with E-state index in [2.05, 4.69) is 0 Å². The predicted octanol–water partition coefficient (Wildman–Crippen LogP) is 3.87. The van der Waals surface area contributed by atoms with E-state index in [-0.39, 0.29) is 11.1 Å². The Morgan fingerprint density at radius 2 is 1.15 bits per heavy atom. The fraction of sp³-hybridized carbons (Fsp3) is 0.0870. The third-order valence-corrected chi connectivity index (χ3v) is 5.17. The molecule has 4 heteroatoms. The maximum absolute atomic E-state index is 13.6. The zero-order chi connectivity index (χ0) is 19.0. The Kier molecular flexibility index (Phi) is 3.96. The van der Waals surface area contributed by atoms with Crippen LogP contribution in [0.5, 0.6) is 0 Å². The summed E-state index contributed by atoms with van der Waals surface area (Å²) >= 11 is 0. The van der Waals surface area contributed by atoms with Crippen LogP contribution in [0.2, 0.25) is 0 Å². The minimum atomic E-state index is -1.82. The molecule has 0 fully saturated rings. The lowest BCUT2D eigenvalue weighted by molar-refractivity contribution is -0.139. The van der Waals surface area contributed by atoms with Crippen molar-refractivity contribution in [1.82, 2.24) is 0 Å². The average molecular weight is 356 g/mol. The van der Waals surface area contributed by atoms with Gasteiger partial charge < -0.3 is 5.11 Å². The van der Waals surface area contributed by atoms with Gasteiger partial charge in [-0.05, 0) is 11.1 Å². The Bertz CT molecular complexity index is 1000. The first-order valence-corrected chi connectivity index (χ1v) is 8.60. The van der Waals surface area contributed by atoms with Crippen molar-refractivity contribution in [2.45, 2.75) is 11.3 Å². The quantitative estimate of drug-likeness (QED) is 0.720. The maximum atomic E-state index is 13.6. The van der Waals surface area contributed by atoms with Crippen LogP contribution in [0.25, 0.3) is 0 Å². The van der Waals surface area contributed by atoms with Crippen LogP contribution in [0.1, 0.15) is 37.8 Å². The van der Waals surface area contributed by atoms with Crippen LogP contribution in [0, 0.1) is 0 Å². The molecule has 1 aliphatic rings. The van der Waals surface area contributed by atoms with Gasteiger partial charge in [-0.2, -0.15) is 0 Å². The minimum absolute atomic E-state index is 0.272. The van der Waals surface area contributed by atoms with Crippen molar-refractivity contribution in [1.29, 1.82) is 0 Å². The zero-order valence-electron chi connectivity index (χ0n) is 14.3. The summed E-state index contributed by atoms with van der Waals surface area (Å²) in [4.78, 5) is 39.5. The molecule has 0 aromatic heterocycles. The highest BCUT2D eigenvalue weighted by Crippen LogP contribution is 2.49. The largest absolute Gasteiger partial charge is 0.481 e. The Morgan fingerprint density at radius 1 is 0.704 bits per heavy atom. The highest BCUT2D eigenvalue weighted by molar-refractivity contribution is 6.35. The van der Waals surface area contributed by atoms with E-state index in [9.17, 15) is 19.5 Å². The molecule has 0 spiro atoms. The molecule has 1 atom stereocenters. The Morgan fingerprint density at radius 3 is 1.63 bits per heavy atom. The molecule has 3 aromatic rings. The van der Waals surface area contributed by atoms with E-state index in [1.165, 1.54) is 0 Å². The summed E-state index contributed by atoms with van der Waals surface area (Å²) < 4.78 is 0. The van der Waals surface area contributed by atoms with Gasteiger partial charge in [-0.3, -0.25) is 14.4 Å². The fourth-order valence-electron chi connectivity index (χ4n) is 4.02. The van der Waals surface area contributed by atoms with E-state index in [1.54, 1.807) is 84.9 Å². The minimum Gasteiger partial charge on any atom is -0.481 e. The van der Waals surface area contributed by atoms with Gasteiger partial charge in [0.2, 0.25) is 0 Å². The number of hydrogen-bond donors (Lipinski definition) is 1. The molecule has 27 heavy (non-hydrogen) atoms. The van der Waals surface area contributed by atoms with E-state index in [0.717, 1.165) is 0 Å². The van der Waals surface area contributed by atoms with E-state index in [1.807, 2.05) is 0 Å². The van der Waals surface area contributed by atoms with Crippen LogP contribution in [0.15, 0.2) is 84.9 Å². The second-order valence-electron chi connectivity index (χ2n) is 6.56. The highest BCUT2D eigenvalue weighted by atomic mass is 16.4. The summed E-state index contributed by atoms with van der Waals surface area (Å²) in [5, 5.41) is 10.1. The number of hydrogen-bond acceptors (Lipinski definition) is 3. The van der Waals surface area contributed by atoms with Gasteiger partial charge in [0.15, 0.2) is 11.6 Å². The maximum Gasteiger partial charge on any atom is 0.312 e. The molecule has 0 heterocycles. The molecule has 0 radical (unpaired) electrons. The summed E-state index contributed by atoms with van der Waals surface area (Å²) in [6.07, 6.45) is 0. The molecule has 1 N–H and O–H groups in total. The molecule has 0 amide bonds. The van der Waals surface area contributed by atoms with Crippen molar-refractivity contribution in [2.24, 2.45) is 0 Å². The van der Waals surface area contributed by atoms with Crippen molar-refractivity contribution in [2.75, 3.05) is 0 Å². The lowest BCUT2D eigenvalue weighted by atomic mass is 9.64. The lowest BCUT2D eigenvalue weighted by Crippen LogP contribution is -2.47. The Labute approximate surface area is 156 Å². The standard InChI is InChI=1S/C23H16O4/c24-20-17-13-7-8-14-18(17)21(25)23(20,16-11-5-2-6-12-16)19(22(26)27)15-9-3-1-4-10-15/h1-14,19H,(H,26,27)/t19-/m1/s1. The lowest BCUT2D eigenvalue weighted by Gasteiger charge is -2.33. The molecular formula is C23H16O4. The highest BCUT2D eigenvalue weighted by Gasteiger charge is 2.61. The molecule has 4 nitrogen and oxygen atoms in total. The SMILES string of the molecule is O=C(O)[C@@H](c1ccccc1)C1(c2ccccc2)C(=O)c2ccccc2C1=O. The second-order valence-corrected chi connectivity index (χ2v) is 6.56. The average Bonchev–Trinajstić information content (AvgIpc) is 2.93. The first kappa shape index (κ1) is 16.9. The van der Waals surface area contributed by atoms with Crippen molar-refractivity contribution in [3.63, 3.8) is 0 Å². The zero-order valence-corrected chi connectivity index (χ0v) is 14.3. The van der Waals surface area contributed by atoms with Crippen molar-refractivity contribution < 1.29 is 19.5 Å². The summed E-state index contributed by atoms with van der Waals surface area (Å²) in [5.41, 5.74) is -0.462. The molecule has 132 valence electrons. The molecule has 0 saturated heterocycles. The third kappa shape index (κ3) is 2.34. The normalized spacial score (nSPS) is 16.0. The van der Waals surface area contributed by atoms with Gasteiger partial charge in [-0.25, -0.2) is 0 Å². The van der Waals surface area contributed by atoms with E-state index < -0.39 is 28.9 Å². The van der Waals surface area contributed by atoms with Gasteiger partial charge in [0, 0.05) is 11.1 Å². The van der Waals surface area contributed by atoms with Gasteiger partial charge in [-0.15, -0.1) is 0 Å². The van der Waals surface area contributed by atoms with E-state index >= 15 is 0 Å². The number of carboxylic acids is 1. The van der Waals surface area contributed by atoms with Crippen molar-refractivity contribution in [3.05, 3.63) is 107 Å².